The number of para-hydroxylation sites is 2. The van der Waals surface area contributed by atoms with Crippen LogP contribution in [0.1, 0.15) is 15.2 Å². The standard InChI is InChI=1S/C19H16FNO3S/c1-23-17-5-3-2-4-16(17)21-19(22)18-10-13(12-25-18)11-24-15-8-6-14(20)7-9-15/h2-10,12H,11H2,1H3,(H,21,22). The molecule has 2 aromatic carbocycles. The van der Waals surface area contributed by atoms with Crippen LogP contribution in [0.3, 0.4) is 0 Å². The van der Waals surface area contributed by atoms with Crippen LogP contribution < -0.4 is 14.8 Å². The number of nitrogens with one attached hydrogen (secondary N) is 1. The highest BCUT2D eigenvalue weighted by molar-refractivity contribution is 7.12. The molecule has 128 valence electrons. The highest BCUT2D eigenvalue weighted by Gasteiger charge is 2.12. The van der Waals surface area contributed by atoms with Crippen LogP contribution in [0.25, 0.3) is 0 Å². The van der Waals surface area contributed by atoms with Crippen molar-refractivity contribution in [1.82, 2.24) is 0 Å². The molecule has 0 saturated carbocycles. The van der Waals surface area contributed by atoms with Crippen LogP contribution in [-0.4, -0.2) is 13.0 Å². The number of ether oxygens (including phenoxy) is 2. The van der Waals surface area contributed by atoms with Crippen LogP contribution in [0.2, 0.25) is 0 Å². The van der Waals surface area contributed by atoms with Crippen molar-refractivity contribution in [2.75, 3.05) is 12.4 Å². The molecule has 25 heavy (non-hydrogen) atoms. The Kier molecular flexibility index (Phi) is 5.30. The molecule has 1 aromatic heterocycles. The topological polar surface area (TPSA) is 47.6 Å². The number of carbonyl (C=O) groups excluding carboxylic acids is 1. The van der Waals surface area contributed by atoms with Crippen LogP contribution in [-0.2, 0) is 6.61 Å². The maximum absolute atomic E-state index is 12.9. The summed E-state index contributed by atoms with van der Waals surface area (Å²) >= 11 is 1.34. The maximum atomic E-state index is 12.9. The number of amides is 1. The van der Waals surface area contributed by atoms with Crippen LogP contribution >= 0.6 is 11.3 Å². The van der Waals surface area contributed by atoms with Crippen molar-refractivity contribution >= 4 is 22.9 Å². The van der Waals surface area contributed by atoms with E-state index in [1.165, 1.54) is 23.5 Å². The van der Waals surface area contributed by atoms with E-state index in [0.717, 1.165) is 5.56 Å². The van der Waals surface area contributed by atoms with Crippen LogP contribution in [0.4, 0.5) is 10.1 Å². The Morgan fingerprint density at radius 3 is 2.68 bits per heavy atom. The smallest absolute Gasteiger partial charge is 0.265 e. The van der Waals surface area contributed by atoms with E-state index in [9.17, 15) is 9.18 Å². The van der Waals surface area contributed by atoms with Crippen LogP contribution in [0.5, 0.6) is 11.5 Å². The number of halogens is 1. The van der Waals surface area contributed by atoms with Crippen molar-refractivity contribution in [3.63, 3.8) is 0 Å². The molecule has 0 atom stereocenters. The van der Waals surface area contributed by atoms with Crippen molar-refractivity contribution in [3.8, 4) is 11.5 Å². The van der Waals surface area contributed by atoms with Gasteiger partial charge in [0.05, 0.1) is 17.7 Å². The first kappa shape index (κ1) is 17.0. The average molecular weight is 357 g/mol. The van der Waals surface area contributed by atoms with Gasteiger partial charge in [-0.3, -0.25) is 4.79 Å². The quantitative estimate of drug-likeness (QED) is 0.694. The van der Waals surface area contributed by atoms with Gasteiger partial charge in [-0.1, -0.05) is 12.1 Å². The van der Waals surface area contributed by atoms with Crippen molar-refractivity contribution in [3.05, 3.63) is 76.2 Å². The summed E-state index contributed by atoms with van der Waals surface area (Å²) in [5.74, 6) is 0.667. The van der Waals surface area contributed by atoms with E-state index in [0.29, 0.717) is 28.7 Å². The summed E-state index contributed by atoms with van der Waals surface area (Å²) in [6, 6.07) is 14.8. The van der Waals surface area contributed by atoms with Gasteiger partial charge >= 0.3 is 0 Å². The van der Waals surface area contributed by atoms with Gasteiger partial charge in [-0.25, -0.2) is 4.39 Å². The zero-order valence-corrected chi connectivity index (χ0v) is 14.3. The lowest BCUT2D eigenvalue weighted by Gasteiger charge is -2.08. The first-order valence-electron chi connectivity index (χ1n) is 7.56. The maximum Gasteiger partial charge on any atom is 0.265 e. The molecule has 1 N–H and O–H groups in total. The summed E-state index contributed by atoms with van der Waals surface area (Å²) in [5.41, 5.74) is 1.49. The summed E-state index contributed by atoms with van der Waals surface area (Å²) in [5, 5.41) is 4.70. The van der Waals surface area contributed by atoms with Gasteiger partial charge in [0.2, 0.25) is 0 Å². The lowest BCUT2D eigenvalue weighted by atomic mass is 10.2. The Morgan fingerprint density at radius 2 is 1.92 bits per heavy atom. The SMILES string of the molecule is COc1ccccc1NC(=O)c1cc(COc2ccc(F)cc2)cs1. The summed E-state index contributed by atoms with van der Waals surface area (Å²) in [6.45, 7) is 0.310. The summed E-state index contributed by atoms with van der Waals surface area (Å²) in [4.78, 5) is 12.9. The first-order valence-corrected chi connectivity index (χ1v) is 8.44. The number of rotatable bonds is 6. The monoisotopic (exact) mass is 357 g/mol. The molecule has 6 heteroatoms. The summed E-state index contributed by atoms with van der Waals surface area (Å²) in [7, 11) is 1.56. The lowest BCUT2D eigenvalue weighted by Crippen LogP contribution is -2.11. The number of hydrogen-bond donors (Lipinski definition) is 1. The Bertz CT molecular complexity index is 861. The second kappa shape index (κ2) is 7.81. The Labute approximate surface area is 148 Å². The minimum absolute atomic E-state index is 0.206. The van der Waals surface area contributed by atoms with E-state index < -0.39 is 0 Å². The molecular weight excluding hydrogens is 341 g/mol. The zero-order valence-electron chi connectivity index (χ0n) is 13.5. The lowest BCUT2D eigenvalue weighted by molar-refractivity contribution is 0.103. The molecule has 0 aliphatic rings. The Morgan fingerprint density at radius 1 is 1.16 bits per heavy atom. The molecule has 0 spiro atoms. The zero-order chi connectivity index (χ0) is 17.6. The molecule has 0 radical (unpaired) electrons. The normalized spacial score (nSPS) is 10.3. The fraction of sp³-hybridized carbons (Fsp3) is 0.105. The minimum Gasteiger partial charge on any atom is -0.495 e. The van der Waals surface area contributed by atoms with Gasteiger partial charge in [0.25, 0.3) is 5.91 Å². The number of carbonyl (C=O) groups is 1. The van der Waals surface area contributed by atoms with Gasteiger partial charge in [-0.15, -0.1) is 11.3 Å². The van der Waals surface area contributed by atoms with Gasteiger partial charge in [0, 0.05) is 5.56 Å². The third-order valence-electron chi connectivity index (χ3n) is 3.45. The molecule has 4 nitrogen and oxygen atoms in total. The molecule has 0 aliphatic heterocycles. The number of methoxy groups -OCH3 is 1. The molecule has 0 fully saturated rings. The predicted octanol–water partition coefficient (Wildman–Crippen LogP) is 4.73. The van der Waals surface area contributed by atoms with E-state index in [1.807, 2.05) is 17.5 Å². The number of hydrogen-bond acceptors (Lipinski definition) is 4. The van der Waals surface area contributed by atoms with E-state index in [4.69, 9.17) is 9.47 Å². The number of anilines is 1. The van der Waals surface area contributed by atoms with Gasteiger partial charge in [0.15, 0.2) is 0 Å². The largest absolute Gasteiger partial charge is 0.495 e. The number of thiophene rings is 1. The van der Waals surface area contributed by atoms with Crippen molar-refractivity contribution in [1.29, 1.82) is 0 Å². The molecule has 0 unspecified atom stereocenters. The number of benzene rings is 2. The third kappa shape index (κ3) is 4.36. The van der Waals surface area contributed by atoms with Gasteiger partial charge in [-0.05, 0) is 47.8 Å². The van der Waals surface area contributed by atoms with Crippen LogP contribution in [0, 0.1) is 5.82 Å². The van der Waals surface area contributed by atoms with Gasteiger partial charge in [0.1, 0.15) is 23.9 Å². The molecule has 1 heterocycles. The third-order valence-corrected chi connectivity index (χ3v) is 4.43. The van der Waals surface area contributed by atoms with E-state index in [1.54, 1.807) is 37.4 Å². The van der Waals surface area contributed by atoms with Crippen LogP contribution in [0.15, 0.2) is 60.0 Å². The summed E-state index contributed by atoms with van der Waals surface area (Å²) in [6.07, 6.45) is 0. The van der Waals surface area contributed by atoms with Crippen molar-refractivity contribution < 1.29 is 18.7 Å². The van der Waals surface area contributed by atoms with Crippen molar-refractivity contribution in [2.24, 2.45) is 0 Å². The second-order valence-corrected chi connectivity index (χ2v) is 6.13. The highest BCUT2D eigenvalue weighted by atomic mass is 32.1. The minimum atomic E-state index is -0.307. The Hall–Kier alpha value is -2.86. The average Bonchev–Trinajstić information content (AvgIpc) is 3.11. The first-order chi connectivity index (χ1) is 12.2. The van der Waals surface area contributed by atoms with E-state index >= 15 is 0 Å². The molecule has 0 aliphatic carbocycles. The van der Waals surface area contributed by atoms with Gasteiger partial charge in [-0.2, -0.15) is 0 Å². The molecule has 3 rings (SSSR count). The predicted molar refractivity (Wildman–Crippen MR) is 96.0 cm³/mol. The molecule has 1 amide bonds. The van der Waals surface area contributed by atoms with E-state index in [-0.39, 0.29) is 11.7 Å². The second-order valence-electron chi connectivity index (χ2n) is 5.22. The highest BCUT2D eigenvalue weighted by Crippen LogP contribution is 2.25. The van der Waals surface area contributed by atoms with E-state index in [2.05, 4.69) is 5.32 Å². The summed E-state index contributed by atoms with van der Waals surface area (Å²) < 4.78 is 23.7. The molecular formula is C19H16FNO3S. The van der Waals surface area contributed by atoms with Gasteiger partial charge < -0.3 is 14.8 Å². The fourth-order valence-corrected chi connectivity index (χ4v) is 2.99. The fourth-order valence-electron chi connectivity index (χ4n) is 2.20. The molecule has 0 bridgehead atoms. The van der Waals surface area contributed by atoms with Crippen molar-refractivity contribution in [2.45, 2.75) is 6.61 Å². The Balaban J connectivity index is 1.62. The molecule has 3 aromatic rings. The molecule has 0 saturated heterocycles.